The highest BCUT2D eigenvalue weighted by Gasteiger charge is 2.02. The van der Waals surface area contributed by atoms with Crippen molar-refractivity contribution in [3.63, 3.8) is 0 Å². The monoisotopic (exact) mass is 368 g/mol. The number of fused-ring (bicyclic) bond motifs is 1. The van der Waals surface area contributed by atoms with Crippen LogP contribution in [0.4, 0.5) is 0 Å². The van der Waals surface area contributed by atoms with Crippen molar-refractivity contribution in [1.29, 1.82) is 0 Å². The zero-order valence-corrected chi connectivity index (χ0v) is 16.7. The van der Waals surface area contributed by atoms with Gasteiger partial charge < -0.3 is 9.47 Å². The standard InChI is InChI=1S/C23H32N2O2/c1-4-6-10-16-26-19(3)11-8-7-9-12-20-18-24-23-17-21(27-15-5-2)13-14-22(23)25-20/h5,9,12-14,17-19H,2,4,6-8,10-11,15-16H2,1,3H3/b12-9+. The van der Waals surface area contributed by atoms with Crippen LogP contribution in [0.25, 0.3) is 17.1 Å². The van der Waals surface area contributed by atoms with E-state index in [9.17, 15) is 0 Å². The van der Waals surface area contributed by atoms with Crippen molar-refractivity contribution in [3.8, 4) is 5.75 Å². The maximum absolute atomic E-state index is 5.83. The van der Waals surface area contributed by atoms with Gasteiger partial charge in [0, 0.05) is 12.7 Å². The average molecular weight is 369 g/mol. The number of ether oxygens (including phenoxy) is 2. The molecule has 1 aromatic carbocycles. The number of aromatic nitrogens is 2. The number of allylic oxidation sites excluding steroid dienone is 1. The van der Waals surface area contributed by atoms with Gasteiger partial charge in [0.25, 0.3) is 0 Å². The summed E-state index contributed by atoms with van der Waals surface area (Å²) in [5.74, 6) is 0.783. The van der Waals surface area contributed by atoms with Crippen molar-refractivity contribution in [2.45, 2.75) is 58.5 Å². The third-order valence-corrected chi connectivity index (χ3v) is 4.32. The molecular weight excluding hydrogens is 336 g/mol. The average Bonchev–Trinajstić information content (AvgIpc) is 2.69. The Morgan fingerprint density at radius 3 is 2.89 bits per heavy atom. The normalized spacial score (nSPS) is 12.5. The fraction of sp³-hybridized carbons (Fsp3) is 0.478. The van der Waals surface area contributed by atoms with E-state index in [1.54, 1.807) is 12.3 Å². The predicted octanol–water partition coefficient (Wildman–Crippen LogP) is 5.97. The quantitative estimate of drug-likeness (QED) is 0.322. The molecule has 0 radical (unpaired) electrons. The molecule has 27 heavy (non-hydrogen) atoms. The minimum Gasteiger partial charge on any atom is -0.489 e. The van der Waals surface area contributed by atoms with Crippen LogP contribution in [0.1, 0.15) is 58.1 Å². The van der Waals surface area contributed by atoms with E-state index in [2.05, 4.69) is 36.5 Å². The van der Waals surface area contributed by atoms with Crippen LogP contribution >= 0.6 is 0 Å². The molecule has 0 amide bonds. The highest BCUT2D eigenvalue weighted by atomic mass is 16.5. The first kappa shape index (κ1) is 21.1. The van der Waals surface area contributed by atoms with E-state index in [0.717, 1.165) is 48.3 Å². The lowest BCUT2D eigenvalue weighted by Crippen LogP contribution is -2.08. The van der Waals surface area contributed by atoms with Gasteiger partial charge in [0.2, 0.25) is 0 Å². The van der Waals surface area contributed by atoms with Crippen molar-refractivity contribution in [1.82, 2.24) is 9.97 Å². The Labute approximate surface area is 163 Å². The second-order valence-electron chi connectivity index (χ2n) is 6.77. The maximum Gasteiger partial charge on any atom is 0.122 e. The fourth-order valence-corrected chi connectivity index (χ4v) is 2.78. The summed E-state index contributed by atoms with van der Waals surface area (Å²) < 4.78 is 11.4. The van der Waals surface area contributed by atoms with E-state index in [1.165, 1.54) is 19.3 Å². The number of rotatable bonds is 13. The summed E-state index contributed by atoms with van der Waals surface area (Å²) in [5.41, 5.74) is 2.59. The van der Waals surface area contributed by atoms with Gasteiger partial charge in [0.1, 0.15) is 12.4 Å². The highest BCUT2D eigenvalue weighted by Crippen LogP contribution is 2.18. The van der Waals surface area contributed by atoms with Gasteiger partial charge in [-0.2, -0.15) is 0 Å². The number of hydrogen-bond donors (Lipinski definition) is 0. The van der Waals surface area contributed by atoms with Gasteiger partial charge >= 0.3 is 0 Å². The fourth-order valence-electron chi connectivity index (χ4n) is 2.78. The summed E-state index contributed by atoms with van der Waals surface area (Å²) in [4.78, 5) is 9.12. The third kappa shape index (κ3) is 7.92. The van der Waals surface area contributed by atoms with Crippen LogP contribution in [0.5, 0.6) is 5.75 Å². The Hall–Kier alpha value is -2.20. The van der Waals surface area contributed by atoms with Crippen LogP contribution in [0.15, 0.2) is 43.1 Å². The maximum atomic E-state index is 5.83. The van der Waals surface area contributed by atoms with Gasteiger partial charge in [0.05, 0.1) is 29.0 Å². The highest BCUT2D eigenvalue weighted by molar-refractivity contribution is 5.76. The Bertz CT molecular complexity index is 727. The number of hydrogen-bond acceptors (Lipinski definition) is 4. The van der Waals surface area contributed by atoms with Crippen molar-refractivity contribution in [2.24, 2.45) is 0 Å². The van der Waals surface area contributed by atoms with E-state index < -0.39 is 0 Å². The molecule has 4 heteroatoms. The van der Waals surface area contributed by atoms with Crippen molar-refractivity contribution in [3.05, 3.63) is 48.8 Å². The first-order valence-electron chi connectivity index (χ1n) is 10.0. The van der Waals surface area contributed by atoms with Crippen LogP contribution < -0.4 is 4.74 Å². The van der Waals surface area contributed by atoms with Gasteiger partial charge in [-0.15, -0.1) is 0 Å². The molecule has 1 heterocycles. The molecule has 0 aliphatic heterocycles. The second kappa shape index (κ2) is 12.2. The molecule has 0 bridgehead atoms. The molecule has 0 saturated carbocycles. The van der Waals surface area contributed by atoms with E-state index in [-0.39, 0.29) is 0 Å². The molecule has 0 spiro atoms. The molecule has 2 rings (SSSR count). The first-order valence-corrected chi connectivity index (χ1v) is 10.0. The van der Waals surface area contributed by atoms with Gasteiger partial charge in [-0.25, -0.2) is 4.98 Å². The van der Waals surface area contributed by atoms with E-state index in [0.29, 0.717) is 12.7 Å². The SMILES string of the molecule is C=CCOc1ccc2nc(/C=C/CCCC(C)OCCCCC)cnc2c1. The topological polar surface area (TPSA) is 44.2 Å². The Morgan fingerprint density at radius 1 is 1.19 bits per heavy atom. The Morgan fingerprint density at radius 2 is 2.07 bits per heavy atom. The molecule has 1 atom stereocenters. The summed E-state index contributed by atoms with van der Waals surface area (Å²) >= 11 is 0. The molecule has 0 fully saturated rings. The van der Waals surface area contributed by atoms with Gasteiger partial charge in [-0.05, 0) is 50.8 Å². The van der Waals surface area contributed by atoms with E-state index in [1.807, 2.05) is 24.3 Å². The molecule has 0 aliphatic rings. The van der Waals surface area contributed by atoms with Crippen LogP contribution in [0, 0.1) is 0 Å². The first-order chi connectivity index (χ1) is 13.2. The number of nitrogens with zero attached hydrogens (tertiary/aromatic N) is 2. The summed E-state index contributed by atoms with van der Waals surface area (Å²) in [5, 5.41) is 0. The van der Waals surface area contributed by atoms with Crippen LogP contribution in [-0.2, 0) is 4.74 Å². The zero-order valence-electron chi connectivity index (χ0n) is 16.7. The van der Waals surface area contributed by atoms with E-state index in [4.69, 9.17) is 9.47 Å². The molecule has 0 saturated heterocycles. The molecule has 0 N–H and O–H groups in total. The summed E-state index contributed by atoms with van der Waals surface area (Å²) in [6.45, 7) is 9.41. The molecule has 1 aromatic heterocycles. The molecule has 2 aromatic rings. The van der Waals surface area contributed by atoms with Crippen molar-refractivity contribution in [2.75, 3.05) is 13.2 Å². The lowest BCUT2D eigenvalue weighted by Gasteiger charge is -2.11. The van der Waals surface area contributed by atoms with Gasteiger partial charge in [0.15, 0.2) is 0 Å². The third-order valence-electron chi connectivity index (χ3n) is 4.32. The summed E-state index contributed by atoms with van der Waals surface area (Å²) in [7, 11) is 0. The number of benzene rings is 1. The second-order valence-corrected chi connectivity index (χ2v) is 6.77. The van der Waals surface area contributed by atoms with Gasteiger partial charge in [-0.1, -0.05) is 38.5 Å². The molecule has 4 nitrogen and oxygen atoms in total. The van der Waals surface area contributed by atoms with Gasteiger partial charge in [-0.3, -0.25) is 4.98 Å². The lowest BCUT2D eigenvalue weighted by atomic mass is 10.1. The lowest BCUT2D eigenvalue weighted by molar-refractivity contribution is 0.0566. The summed E-state index contributed by atoms with van der Waals surface area (Å²) in [6.07, 6.45) is 15.0. The zero-order chi connectivity index (χ0) is 19.3. The minimum atomic E-state index is 0.341. The van der Waals surface area contributed by atoms with Crippen molar-refractivity contribution >= 4 is 17.1 Å². The molecule has 1 unspecified atom stereocenters. The van der Waals surface area contributed by atoms with Crippen molar-refractivity contribution < 1.29 is 9.47 Å². The van der Waals surface area contributed by atoms with E-state index >= 15 is 0 Å². The Kier molecular flexibility index (Phi) is 9.56. The van der Waals surface area contributed by atoms with Crippen LogP contribution in [0.2, 0.25) is 0 Å². The van der Waals surface area contributed by atoms with Crippen LogP contribution in [0.3, 0.4) is 0 Å². The summed E-state index contributed by atoms with van der Waals surface area (Å²) in [6, 6.07) is 5.76. The molecule has 146 valence electrons. The molecular formula is C23H32N2O2. The Balaban J connectivity index is 1.76. The smallest absolute Gasteiger partial charge is 0.122 e. The largest absolute Gasteiger partial charge is 0.489 e. The predicted molar refractivity (Wildman–Crippen MR) is 113 cm³/mol. The molecule has 0 aliphatic carbocycles. The van der Waals surface area contributed by atoms with Crippen LogP contribution in [-0.4, -0.2) is 29.3 Å². The minimum absolute atomic E-state index is 0.341. The number of unbranched alkanes of at least 4 members (excludes halogenated alkanes) is 3.